The smallest absolute Gasteiger partial charge is 1.00 e. The number of hydrogen-bond donors (Lipinski definition) is 0. The van der Waals surface area contributed by atoms with Crippen molar-refractivity contribution in [1.29, 1.82) is 0 Å². The van der Waals surface area contributed by atoms with Gasteiger partial charge in [0.05, 0.1) is 33.0 Å². The minimum Gasteiger partial charge on any atom is -1.00 e. The van der Waals surface area contributed by atoms with Crippen LogP contribution in [0.25, 0.3) is 0 Å². The monoisotopic (exact) mass is 439 g/mol. The molecular formula is C19H31LiNbO5. The number of fused-ring (bicyclic) bond motifs is 1. The van der Waals surface area contributed by atoms with Crippen molar-refractivity contribution >= 4 is 0 Å². The Labute approximate surface area is 186 Å². The Balaban J connectivity index is 0. The minimum absolute atomic E-state index is 0. The van der Waals surface area contributed by atoms with E-state index in [0.717, 1.165) is 43.8 Å². The van der Waals surface area contributed by atoms with Gasteiger partial charge in [0.2, 0.25) is 6.79 Å². The van der Waals surface area contributed by atoms with Gasteiger partial charge in [-0.05, 0) is 36.1 Å². The number of ether oxygens (including phenoxy) is 5. The molecule has 1 aliphatic heterocycles. The van der Waals surface area contributed by atoms with Gasteiger partial charge in [-0.25, -0.2) is 0 Å². The normalized spacial score (nSPS) is 11.8. The van der Waals surface area contributed by atoms with Crippen LogP contribution >= 0.6 is 0 Å². The molecule has 0 fully saturated rings. The second kappa shape index (κ2) is 16.0. The Morgan fingerprint density at radius 1 is 0.846 bits per heavy atom. The maximum Gasteiger partial charge on any atom is 1.00 e. The Morgan fingerprint density at radius 3 is 2.04 bits per heavy atom. The van der Waals surface area contributed by atoms with E-state index in [-0.39, 0.29) is 42.7 Å². The topological polar surface area (TPSA) is 46.2 Å². The molecule has 0 aliphatic carbocycles. The Morgan fingerprint density at radius 2 is 1.42 bits per heavy atom. The first-order valence-corrected chi connectivity index (χ1v) is 8.99. The van der Waals surface area contributed by atoms with Gasteiger partial charge in [-0.1, -0.05) is 26.7 Å². The largest absolute Gasteiger partial charge is 1.00 e. The fraction of sp³-hybridized carbons (Fsp3) is 0.684. The summed E-state index contributed by atoms with van der Waals surface area (Å²) < 4.78 is 27.6. The molecule has 143 valence electrons. The molecule has 1 aromatic carbocycles. The quantitative estimate of drug-likeness (QED) is 0.337. The van der Waals surface area contributed by atoms with Gasteiger partial charge in [-0.2, -0.15) is 0 Å². The summed E-state index contributed by atoms with van der Waals surface area (Å²) in [7, 11) is 0. The van der Waals surface area contributed by atoms with Crippen LogP contribution in [0.3, 0.4) is 0 Å². The molecule has 1 aliphatic rings. The van der Waals surface area contributed by atoms with E-state index in [0.29, 0.717) is 39.8 Å². The van der Waals surface area contributed by atoms with Gasteiger partial charge in [0.25, 0.3) is 0 Å². The van der Waals surface area contributed by atoms with Gasteiger partial charge in [0.1, 0.15) is 0 Å². The predicted molar refractivity (Wildman–Crippen MR) is 93.9 cm³/mol. The minimum atomic E-state index is 0. The SMILES string of the molecule is CCCCOCCOCCOCc1cc2c(cc1CCC)OCO2.[H-].[Li+].[Nb]. The van der Waals surface area contributed by atoms with Crippen molar-refractivity contribution < 1.29 is 66.4 Å². The van der Waals surface area contributed by atoms with Crippen LogP contribution < -0.4 is 28.3 Å². The molecular weight excluding hydrogens is 408 g/mol. The van der Waals surface area contributed by atoms with Gasteiger partial charge in [0, 0.05) is 29.0 Å². The van der Waals surface area contributed by atoms with Crippen molar-refractivity contribution in [3.63, 3.8) is 0 Å². The van der Waals surface area contributed by atoms with Gasteiger partial charge >= 0.3 is 18.9 Å². The van der Waals surface area contributed by atoms with Crippen LogP contribution in [-0.4, -0.2) is 39.8 Å². The molecule has 0 N–H and O–H groups in total. The standard InChI is InChI=1S/C19H30O5.Li.Nb.H/c1-3-5-7-20-8-9-21-10-11-22-14-17-13-19-18(23-15-24-19)12-16(17)6-4-2;;;/h12-13H,3-11,14-15H2,1-2H3;;;/q;+1;;-1. The van der Waals surface area contributed by atoms with E-state index in [1.54, 1.807) is 0 Å². The molecule has 0 bridgehead atoms. The van der Waals surface area contributed by atoms with Gasteiger partial charge in [-0.3, -0.25) is 0 Å². The third-order valence-electron chi connectivity index (χ3n) is 3.86. The van der Waals surface area contributed by atoms with E-state index < -0.39 is 0 Å². The van der Waals surface area contributed by atoms with E-state index in [4.69, 9.17) is 23.7 Å². The third-order valence-corrected chi connectivity index (χ3v) is 3.86. The predicted octanol–water partition coefficient (Wildman–Crippen LogP) is 0.832. The Hall–Kier alpha value is 0.0377. The van der Waals surface area contributed by atoms with E-state index in [2.05, 4.69) is 19.9 Å². The molecule has 1 radical (unpaired) electrons. The van der Waals surface area contributed by atoms with E-state index in [9.17, 15) is 0 Å². The molecule has 0 atom stereocenters. The number of aryl methyl sites for hydroxylation is 1. The Bertz CT molecular complexity index is 493. The van der Waals surface area contributed by atoms with Gasteiger partial charge in [0.15, 0.2) is 11.5 Å². The second-order valence-electron chi connectivity index (χ2n) is 5.86. The van der Waals surface area contributed by atoms with Crippen LogP contribution in [0.2, 0.25) is 0 Å². The summed E-state index contributed by atoms with van der Waals surface area (Å²) in [5.74, 6) is 1.66. The molecule has 2 rings (SSSR count). The third kappa shape index (κ3) is 9.30. The Kier molecular flexibility index (Phi) is 16.1. The van der Waals surface area contributed by atoms with Crippen molar-refractivity contribution in [2.24, 2.45) is 0 Å². The zero-order valence-electron chi connectivity index (χ0n) is 17.4. The summed E-state index contributed by atoms with van der Waals surface area (Å²) in [5, 5.41) is 0. The molecule has 0 unspecified atom stereocenters. The van der Waals surface area contributed by atoms with Gasteiger partial charge < -0.3 is 25.1 Å². The summed E-state index contributed by atoms with van der Waals surface area (Å²) in [6.07, 6.45) is 4.38. The molecule has 1 heterocycles. The zero-order valence-corrected chi connectivity index (χ0v) is 18.6. The molecule has 0 aromatic heterocycles. The summed E-state index contributed by atoms with van der Waals surface area (Å²) in [6, 6.07) is 4.12. The van der Waals surface area contributed by atoms with Crippen molar-refractivity contribution in [1.82, 2.24) is 0 Å². The second-order valence-corrected chi connectivity index (χ2v) is 5.86. The van der Waals surface area contributed by atoms with Gasteiger partial charge in [-0.15, -0.1) is 0 Å². The average Bonchev–Trinajstić information content (AvgIpc) is 3.04. The molecule has 1 aromatic rings. The van der Waals surface area contributed by atoms with Crippen molar-refractivity contribution in [3.05, 3.63) is 23.3 Å². The molecule has 5 nitrogen and oxygen atoms in total. The number of unbranched alkanes of at least 4 members (excludes halogenated alkanes) is 1. The van der Waals surface area contributed by atoms with E-state index in [1.807, 2.05) is 6.07 Å². The molecule has 0 saturated carbocycles. The van der Waals surface area contributed by atoms with Crippen LogP contribution in [0, 0.1) is 0 Å². The molecule has 0 spiro atoms. The number of benzene rings is 1. The maximum absolute atomic E-state index is 5.75. The van der Waals surface area contributed by atoms with E-state index >= 15 is 0 Å². The number of rotatable bonds is 13. The first-order valence-electron chi connectivity index (χ1n) is 8.99. The zero-order chi connectivity index (χ0) is 17.0. The fourth-order valence-corrected chi connectivity index (χ4v) is 2.53. The molecule has 26 heavy (non-hydrogen) atoms. The van der Waals surface area contributed by atoms with Crippen LogP contribution in [-0.2, 0) is 49.6 Å². The molecule has 7 heteroatoms. The van der Waals surface area contributed by atoms with Crippen molar-refractivity contribution in [3.8, 4) is 11.5 Å². The van der Waals surface area contributed by atoms with E-state index in [1.165, 1.54) is 11.1 Å². The van der Waals surface area contributed by atoms with Crippen LogP contribution in [0.5, 0.6) is 11.5 Å². The van der Waals surface area contributed by atoms with Crippen LogP contribution in [0.4, 0.5) is 0 Å². The first-order chi connectivity index (χ1) is 11.8. The average molecular weight is 439 g/mol. The van der Waals surface area contributed by atoms with Crippen LogP contribution in [0.1, 0.15) is 45.7 Å². The van der Waals surface area contributed by atoms with Crippen molar-refractivity contribution in [2.45, 2.75) is 46.1 Å². The maximum atomic E-state index is 5.75. The first kappa shape index (κ1) is 26.0. The summed E-state index contributed by atoms with van der Waals surface area (Å²) in [6.45, 7) is 8.47. The molecule has 0 amide bonds. The van der Waals surface area contributed by atoms with Crippen LogP contribution in [0.15, 0.2) is 12.1 Å². The molecule has 0 saturated heterocycles. The van der Waals surface area contributed by atoms with Crippen molar-refractivity contribution in [2.75, 3.05) is 39.8 Å². The summed E-state index contributed by atoms with van der Waals surface area (Å²) >= 11 is 0. The fourth-order valence-electron chi connectivity index (χ4n) is 2.53. The summed E-state index contributed by atoms with van der Waals surface area (Å²) in [5.41, 5.74) is 2.44. The summed E-state index contributed by atoms with van der Waals surface area (Å²) in [4.78, 5) is 0. The number of hydrogen-bond acceptors (Lipinski definition) is 5.